The van der Waals surface area contributed by atoms with E-state index >= 15 is 0 Å². The lowest BCUT2D eigenvalue weighted by molar-refractivity contribution is -0.134. The van der Waals surface area contributed by atoms with Crippen LogP contribution in [0.5, 0.6) is 11.5 Å². The van der Waals surface area contributed by atoms with Crippen molar-refractivity contribution in [1.82, 2.24) is 10.2 Å². The van der Waals surface area contributed by atoms with Crippen LogP contribution in [0.2, 0.25) is 0 Å². The Balaban J connectivity index is 2.04. The maximum atomic E-state index is 13.2. The molecule has 0 radical (unpaired) electrons. The summed E-state index contributed by atoms with van der Waals surface area (Å²) in [6.45, 7) is 6.91. The minimum atomic E-state index is -0.337. The summed E-state index contributed by atoms with van der Waals surface area (Å²) in [6.07, 6.45) is 10.4. The lowest BCUT2D eigenvalue weighted by Crippen LogP contribution is -2.40. The Labute approximate surface area is 215 Å². The van der Waals surface area contributed by atoms with E-state index in [1.807, 2.05) is 0 Å². The number of esters is 1. The molecule has 1 aromatic rings. The molecule has 0 aliphatic carbocycles. The molecule has 1 amide bonds. The molecule has 186 valence electrons. The van der Waals surface area contributed by atoms with Crippen molar-refractivity contribution in [2.75, 3.05) is 26.7 Å². The Kier molecular flexibility index (Phi) is 12.8. The second kappa shape index (κ2) is 15.0. The van der Waals surface area contributed by atoms with E-state index in [1.165, 1.54) is 32.8 Å². The van der Waals surface area contributed by atoms with Gasteiger partial charge in [0.15, 0.2) is 5.75 Å². The third kappa shape index (κ3) is 8.55. The van der Waals surface area contributed by atoms with Gasteiger partial charge in [0, 0.05) is 19.0 Å². The van der Waals surface area contributed by atoms with Gasteiger partial charge in [-0.3, -0.25) is 14.5 Å². The van der Waals surface area contributed by atoms with Crippen LogP contribution >= 0.6 is 31.9 Å². The van der Waals surface area contributed by atoms with E-state index < -0.39 is 0 Å². The molecule has 0 spiro atoms. The Hall–Kier alpha value is -1.12. The number of methoxy groups -OCH3 is 1. The van der Waals surface area contributed by atoms with Crippen LogP contribution in [-0.2, 0) is 4.79 Å². The highest BCUT2D eigenvalue weighted by molar-refractivity contribution is 9.11. The number of unbranched alkanes of at least 4 members (excludes halogenated alkanes) is 6. The molecule has 1 heterocycles. The van der Waals surface area contributed by atoms with Gasteiger partial charge in [0.25, 0.3) is 5.91 Å². The fraction of sp³-hybridized carbons (Fsp3) is 0.680. The first-order chi connectivity index (χ1) is 15.9. The minimum absolute atomic E-state index is 0.208. The van der Waals surface area contributed by atoms with Gasteiger partial charge in [0.1, 0.15) is 11.3 Å². The van der Waals surface area contributed by atoms with Crippen LogP contribution in [0.15, 0.2) is 15.0 Å². The summed E-state index contributed by atoms with van der Waals surface area (Å²) in [7, 11) is 1.50. The van der Waals surface area contributed by atoms with E-state index in [9.17, 15) is 9.59 Å². The lowest BCUT2D eigenvalue weighted by atomic mass is 10.1. The summed E-state index contributed by atoms with van der Waals surface area (Å²) < 4.78 is 12.3. The van der Waals surface area contributed by atoms with Crippen molar-refractivity contribution in [1.29, 1.82) is 0 Å². The van der Waals surface area contributed by atoms with Crippen molar-refractivity contribution in [3.05, 3.63) is 20.6 Å². The molecular weight excluding hydrogens is 552 g/mol. The molecule has 0 unspecified atom stereocenters. The van der Waals surface area contributed by atoms with Gasteiger partial charge in [0.2, 0.25) is 0 Å². The fourth-order valence-electron chi connectivity index (χ4n) is 4.32. The number of carbonyl (C=O) groups is 2. The second-order valence-electron chi connectivity index (χ2n) is 8.56. The SMILES string of the molecule is CCCCCCCCCC(=O)Oc1c(Br)cc(Br)c(OC)c1C(=O)NC[C@@H]1CCCN1CC. The number of nitrogens with one attached hydrogen (secondary N) is 1. The number of benzene rings is 1. The van der Waals surface area contributed by atoms with Crippen LogP contribution in [-0.4, -0.2) is 49.6 Å². The smallest absolute Gasteiger partial charge is 0.311 e. The van der Waals surface area contributed by atoms with Gasteiger partial charge in [-0.25, -0.2) is 0 Å². The molecule has 1 saturated heterocycles. The van der Waals surface area contributed by atoms with Crippen molar-refractivity contribution in [2.45, 2.75) is 84.1 Å². The van der Waals surface area contributed by atoms with Crippen molar-refractivity contribution in [3.63, 3.8) is 0 Å². The summed E-state index contributed by atoms with van der Waals surface area (Å²) >= 11 is 6.92. The first-order valence-electron chi connectivity index (χ1n) is 12.2. The summed E-state index contributed by atoms with van der Waals surface area (Å²) in [5.41, 5.74) is 0.229. The molecule has 1 aliphatic rings. The first-order valence-corrected chi connectivity index (χ1v) is 13.8. The highest BCUT2D eigenvalue weighted by Gasteiger charge is 2.28. The molecule has 1 atom stereocenters. The molecule has 0 bridgehead atoms. The summed E-state index contributed by atoms with van der Waals surface area (Å²) in [5.74, 6) is -0.0846. The van der Waals surface area contributed by atoms with Gasteiger partial charge in [0.05, 0.1) is 16.1 Å². The largest absolute Gasteiger partial charge is 0.495 e. The monoisotopic (exact) mass is 588 g/mol. The predicted molar refractivity (Wildman–Crippen MR) is 139 cm³/mol. The van der Waals surface area contributed by atoms with Crippen LogP contribution in [0.25, 0.3) is 0 Å². The molecule has 0 saturated carbocycles. The van der Waals surface area contributed by atoms with Crippen LogP contribution in [0.3, 0.4) is 0 Å². The van der Waals surface area contributed by atoms with Gasteiger partial charge in [-0.15, -0.1) is 0 Å². The van der Waals surface area contributed by atoms with Crippen LogP contribution in [0.4, 0.5) is 0 Å². The van der Waals surface area contributed by atoms with Gasteiger partial charge in [-0.2, -0.15) is 0 Å². The summed E-state index contributed by atoms with van der Waals surface area (Å²) in [4.78, 5) is 28.2. The van der Waals surface area contributed by atoms with E-state index in [1.54, 1.807) is 6.07 Å². The number of halogens is 2. The van der Waals surface area contributed by atoms with E-state index in [0.717, 1.165) is 45.2 Å². The highest BCUT2D eigenvalue weighted by atomic mass is 79.9. The normalized spacial score (nSPS) is 16.1. The van der Waals surface area contributed by atoms with E-state index in [4.69, 9.17) is 9.47 Å². The second-order valence-corrected chi connectivity index (χ2v) is 10.3. The number of likely N-dealkylation sites (N-methyl/N-ethyl adjacent to an activating group) is 1. The average molecular weight is 590 g/mol. The quantitative estimate of drug-likeness (QED) is 0.153. The Morgan fingerprint density at radius 1 is 1.06 bits per heavy atom. The minimum Gasteiger partial charge on any atom is -0.495 e. The summed E-state index contributed by atoms with van der Waals surface area (Å²) in [5, 5.41) is 3.03. The van der Waals surface area contributed by atoms with Crippen molar-refractivity contribution in [3.8, 4) is 11.5 Å². The third-order valence-corrected chi connectivity index (χ3v) is 7.35. The van der Waals surface area contributed by atoms with Crippen LogP contribution in [0, 0.1) is 0 Å². The Morgan fingerprint density at radius 2 is 1.73 bits per heavy atom. The van der Waals surface area contributed by atoms with Crippen LogP contribution in [0.1, 0.15) is 88.4 Å². The number of likely N-dealkylation sites (tertiary alicyclic amines) is 1. The number of amides is 1. The number of hydrogen-bond acceptors (Lipinski definition) is 5. The number of ether oxygens (including phenoxy) is 2. The van der Waals surface area contributed by atoms with Gasteiger partial charge < -0.3 is 14.8 Å². The van der Waals surface area contributed by atoms with Crippen LogP contribution < -0.4 is 14.8 Å². The maximum Gasteiger partial charge on any atom is 0.311 e. The van der Waals surface area contributed by atoms with E-state index in [2.05, 4.69) is 55.9 Å². The zero-order chi connectivity index (χ0) is 24.2. The maximum absolute atomic E-state index is 13.2. The number of carbonyl (C=O) groups excluding carboxylic acids is 2. The molecule has 2 rings (SSSR count). The molecule has 1 aliphatic heterocycles. The fourth-order valence-corrected chi connectivity index (χ4v) is 5.73. The molecule has 8 heteroatoms. The Morgan fingerprint density at radius 3 is 2.39 bits per heavy atom. The van der Waals surface area contributed by atoms with Crippen molar-refractivity contribution < 1.29 is 19.1 Å². The lowest BCUT2D eigenvalue weighted by Gasteiger charge is -2.23. The summed E-state index contributed by atoms with van der Waals surface area (Å²) in [6, 6.07) is 2.06. The van der Waals surface area contributed by atoms with Gasteiger partial charge >= 0.3 is 5.97 Å². The number of rotatable bonds is 14. The molecule has 6 nitrogen and oxygen atoms in total. The zero-order valence-corrected chi connectivity index (χ0v) is 23.4. The first kappa shape index (κ1) is 28.1. The molecular formula is C25H38Br2N2O4. The van der Waals surface area contributed by atoms with Crippen molar-refractivity contribution in [2.24, 2.45) is 0 Å². The molecule has 33 heavy (non-hydrogen) atoms. The number of nitrogens with zero attached hydrogens (tertiary/aromatic N) is 1. The standard InChI is InChI=1S/C25H38Br2N2O4/c1-4-6-7-8-9-10-11-14-21(30)33-24-20(27)16-19(26)23(32-3)22(24)25(31)28-17-18-13-12-15-29(18)5-2/h16,18H,4-15,17H2,1-3H3,(H,28,31)/t18-/m0/s1. The van der Waals surface area contributed by atoms with Crippen molar-refractivity contribution >= 4 is 43.7 Å². The van der Waals surface area contributed by atoms with E-state index in [0.29, 0.717) is 33.7 Å². The predicted octanol–water partition coefficient (Wildman–Crippen LogP) is 6.48. The van der Waals surface area contributed by atoms with Gasteiger partial charge in [-0.1, -0.05) is 52.4 Å². The molecule has 0 aromatic heterocycles. The molecule has 1 aromatic carbocycles. The zero-order valence-electron chi connectivity index (χ0n) is 20.2. The topological polar surface area (TPSA) is 67.9 Å². The van der Waals surface area contributed by atoms with Gasteiger partial charge in [-0.05, 0) is 70.3 Å². The third-order valence-electron chi connectivity index (χ3n) is 6.18. The highest BCUT2D eigenvalue weighted by Crippen LogP contribution is 2.41. The number of hydrogen-bond donors (Lipinski definition) is 1. The average Bonchev–Trinajstić information content (AvgIpc) is 3.26. The van der Waals surface area contributed by atoms with E-state index in [-0.39, 0.29) is 23.2 Å². The Bertz CT molecular complexity index is 788. The molecule has 1 N–H and O–H groups in total. The molecule has 1 fully saturated rings.